The van der Waals surface area contributed by atoms with Gasteiger partial charge in [-0.15, -0.1) is 0 Å². The summed E-state index contributed by atoms with van der Waals surface area (Å²) in [5.74, 6) is 0.813. The molecule has 2 rings (SSSR count). The summed E-state index contributed by atoms with van der Waals surface area (Å²) in [4.78, 5) is 16.2. The maximum atomic E-state index is 6.32. The first-order chi connectivity index (χ1) is 8.60. The van der Waals surface area contributed by atoms with E-state index in [1.54, 1.807) is 18.6 Å². The van der Waals surface area contributed by atoms with E-state index in [0.717, 1.165) is 35.7 Å². The van der Waals surface area contributed by atoms with E-state index in [-0.39, 0.29) is 0 Å². The van der Waals surface area contributed by atoms with Gasteiger partial charge in [-0.25, -0.2) is 4.98 Å². The summed E-state index contributed by atoms with van der Waals surface area (Å²) in [5.41, 5.74) is 8.49. The lowest BCUT2D eigenvalue weighted by Crippen LogP contribution is -2.36. The zero-order valence-electron chi connectivity index (χ0n) is 11.1. The molecule has 0 aromatic carbocycles. The summed E-state index contributed by atoms with van der Waals surface area (Å²) in [6.45, 7) is 6.07. The largest absolute Gasteiger partial charge is 0.339 e. The SMILES string of the molecule is CCC(N)(CC)c1ncc(-c2nccnc2C)[nH]1. The summed E-state index contributed by atoms with van der Waals surface area (Å²) < 4.78 is 0. The normalized spacial score (nSPS) is 11.8. The van der Waals surface area contributed by atoms with Crippen LogP contribution in [0, 0.1) is 6.92 Å². The summed E-state index contributed by atoms with van der Waals surface area (Å²) in [7, 11) is 0. The van der Waals surface area contributed by atoms with Crippen LogP contribution < -0.4 is 5.73 Å². The first kappa shape index (κ1) is 12.7. The highest BCUT2D eigenvalue weighted by Crippen LogP contribution is 2.25. The molecule has 0 radical (unpaired) electrons. The summed E-state index contributed by atoms with van der Waals surface area (Å²) in [6.07, 6.45) is 6.82. The lowest BCUT2D eigenvalue weighted by atomic mass is 9.93. The highest BCUT2D eigenvalue weighted by molar-refractivity contribution is 5.55. The van der Waals surface area contributed by atoms with Crippen molar-refractivity contribution in [1.29, 1.82) is 0 Å². The molecule has 0 atom stereocenters. The van der Waals surface area contributed by atoms with Crippen molar-refractivity contribution in [2.75, 3.05) is 0 Å². The van der Waals surface area contributed by atoms with Gasteiger partial charge >= 0.3 is 0 Å². The Morgan fingerprint density at radius 3 is 2.44 bits per heavy atom. The molecule has 0 aliphatic carbocycles. The summed E-state index contributed by atoms with van der Waals surface area (Å²) >= 11 is 0. The molecule has 2 aromatic rings. The predicted molar refractivity (Wildman–Crippen MR) is 70.8 cm³/mol. The monoisotopic (exact) mass is 245 g/mol. The molecule has 2 aromatic heterocycles. The smallest absolute Gasteiger partial charge is 0.126 e. The fourth-order valence-corrected chi connectivity index (χ4v) is 1.95. The van der Waals surface area contributed by atoms with E-state index >= 15 is 0 Å². The van der Waals surface area contributed by atoms with Gasteiger partial charge in [0.2, 0.25) is 0 Å². The molecular formula is C13H19N5. The zero-order valence-corrected chi connectivity index (χ0v) is 11.1. The third-order valence-corrected chi connectivity index (χ3v) is 3.45. The Balaban J connectivity index is 2.40. The second kappa shape index (κ2) is 4.86. The number of hydrogen-bond donors (Lipinski definition) is 2. The molecular weight excluding hydrogens is 226 g/mol. The Hall–Kier alpha value is -1.75. The Kier molecular flexibility index (Phi) is 3.43. The Morgan fingerprint density at radius 2 is 1.83 bits per heavy atom. The van der Waals surface area contributed by atoms with E-state index in [1.807, 2.05) is 6.92 Å². The van der Waals surface area contributed by atoms with Crippen LogP contribution in [0.3, 0.4) is 0 Å². The lowest BCUT2D eigenvalue weighted by molar-refractivity contribution is 0.391. The van der Waals surface area contributed by atoms with Crippen LogP contribution >= 0.6 is 0 Å². The van der Waals surface area contributed by atoms with Gasteiger partial charge in [0.1, 0.15) is 11.5 Å². The molecule has 0 saturated carbocycles. The van der Waals surface area contributed by atoms with Crippen LogP contribution in [0.15, 0.2) is 18.6 Å². The van der Waals surface area contributed by atoms with Gasteiger partial charge in [-0.05, 0) is 19.8 Å². The van der Waals surface area contributed by atoms with Crippen LogP contribution in [0.25, 0.3) is 11.4 Å². The van der Waals surface area contributed by atoms with Gasteiger partial charge in [0.25, 0.3) is 0 Å². The van der Waals surface area contributed by atoms with Gasteiger partial charge in [0.15, 0.2) is 0 Å². The van der Waals surface area contributed by atoms with Crippen LogP contribution in [0.1, 0.15) is 38.2 Å². The van der Waals surface area contributed by atoms with Crippen molar-refractivity contribution in [3.05, 3.63) is 30.1 Å². The molecule has 5 heteroatoms. The summed E-state index contributed by atoms with van der Waals surface area (Å²) in [6, 6.07) is 0. The van der Waals surface area contributed by atoms with E-state index in [2.05, 4.69) is 33.8 Å². The van der Waals surface area contributed by atoms with Gasteiger partial charge in [0.05, 0.1) is 23.1 Å². The molecule has 0 unspecified atom stereocenters. The Morgan fingerprint density at radius 1 is 1.17 bits per heavy atom. The second-order valence-electron chi connectivity index (χ2n) is 4.50. The van der Waals surface area contributed by atoms with E-state index in [0.29, 0.717) is 0 Å². The number of H-pyrrole nitrogens is 1. The molecule has 3 N–H and O–H groups in total. The molecule has 0 aliphatic heterocycles. The van der Waals surface area contributed by atoms with Gasteiger partial charge in [-0.2, -0.15) is 0 Å². The van der Waals surface area contributed by atoms with E-state index < -0.39 is 5.54 Å². The second-order valence-corrected chi connectivity index (χ2v) is 4.50. The number of nitrogens with two attached hydrogens (primary N) is 1. The minimum absolute atomic E-state index is 0.394. The van der Waals surface area contributed by atoms with Crippen LogP contribution in [0.4, 0.5) is 0 Å². The van der Waals surface area contributed by atoms with Crippen LogP contribution in [0.5, 0.6) is 0 Å². The molecule has 5 nitrogen and oxygen atoms in total. The number of hydrogen-bond acceptors (Lipinski definition) is 4. The highest BCUT2D eigenvalue weighted by atomic mass is 15.0. The summed E-state index contributed by atoms with van der Waals surface area (Å²) in [5, 5.41) is 0. The highest BCUT2D eigenvalue weighted by Gasteiger charge is 2.26. The third-order valence-electron chi connectivity index (χ3n) is 3.45. The molecule has 0 aliphatic rings. The number of rotatable bonds is 4. The van der Waals surface area contributed by atoms with Crippen molar-refractivity contribution < 1.29 is 0 Å². The van der Waals surface area contributed by atoms with Crippen LogP contribution in [-0.2, 0) is 5.54 Å². The third kappa shape index (κ3) is 2.13. The fraction of sp³-hybridized carbons (Fsp3) is 0.462. The first-order valence-corrected chi connectivity index (χ1v) is 6.23. The molecule has 0 bridgehead atoms. The minimum Gasteiger partial charge on any atom is -0.339 e. The number of imidazole rings is 1. The Bertz CT molecular complexity index is 528. The van der Waals surface area contributed by atoms with Crippen molar-refractivity contribution in [3.8, 4) is 11.4 Å². The molecule has 2 heterocycles. The predicted octanol–water partition coefficient (Wildman–Crippen LogP) is 2.15. The number of aromatic amines is 1. The van der Waals surface area contributed by atoms with Gasteiger partial charge in [-0.3, -0.25) is 9.97 Å². The fourth-order valence-electron chi connectivity index (χ4n) is 1.95. The van der Waals surface area contributed by atoms with Gasteiger partial charge in [0, 0.05) is 12.4 Å². The average molecular weight is 245 g/mol. The van der Waals surface area contributed by atoms with Crippen LogP contribution in [-0.4, -0.2) is 19.9 Å². The molecule has 18 heavy (non-hydrogen) atoms. The lowest BCUT2D eigenvalue weighted by Gasteiger charge is -2.23. The van der Waals surface area contributed by atoms with Crippen molar-refractivity contribution in [1.82, 2.24) is 19.9 Å². The Labute approximate surface area is 107 Å². The molecule has 0 spiro atoms. The van der Waals surface area contributed by atoms with Crippen molar-refractivity contribution in [2.45, 2.75) is 39.2 Å². The number of nitrogens with zero attached hydrogens (tertiary/aromatic N) is 3. The first-order valence-electron chi connectivity index (χ1n) is 6.23. The molecule has 0 fully saturated rings. The number of nitrogens with one attached hydrogen (secondary N) is 1. The van der Waals surface area contributed by atoms with Crippen molar-refractivity contribution >= 4 is 0 Å². The number of aromatic nitrogens is 4. The average Bonchev–Trinajstić information content (AvgIpc) is 2.88. The maximum Gasteiger partial charge on any atom is 0.126 e. The topological polar surface area (TPSA) is 80.5 Å². The maximum absolute atomic E-state index is 6.32. The van der Waals surface area contributed by atoms with E-state index in [9.17, 15) is 0 Å². The number of aryl methyl sites for hydroxylation is 1. The van der Waals surface area contributed by atoms with Gasteiger partial charge < -0.3 is 10.7 Å². The molecule has 0 amide bonds. The quantitative estimate of drug-likeness (QED) is 0.864. The molecule has 0 saturated heterocycles. The van der Waals surface area contributed by atoms with Crippen molar-refractivity contribution in [2.24, 2.45) is 5.73 Å². The van der Waals surface area contributed by atoms with Crippen LogP contribution in [0.2, 0.25) is 0 Å². The van der Waals surface area contributed by atoms with E-state index in [1.165, 1.54) is 0 Å². The standard InChI is InChI=1S/C13H19N5/c1-4-13(14,5-2)12-17-8-10(18-12)11-9(3)15-6-7-16-11/h6-8H,4-5,14H2,1-3H3,(H,17,18). The van der Waals surface area contributed by atoms with E-state index in [4.69, 9.17) is 5.73 Å². The van der Waals surface area contributed by atoms with Gasteiger partial charge in [-0.1, -0.05) is 13.8 Å². The molecule has 96 valence electrons. The van der Waals surface area contributed by atoms with Crippen molar-refractivity contribution in [3.63, 3.8) is 0 Å². The minimum atomic E-state index is -0.394. The zero-order chi connectivity index (χ0) is 13.2.